The minimum atomic E-state index is -0.571. The van der Waals surface area contributed by atoms with Crippen molar-refractivity contribution in [2.45, 2.75) is 127 Å². The lowest BCUT2D eigenvalue weighted by Crippen LogP contribution is -2.41. The lowest BCUT2D eigenvalue weighted by atomic mass is 9.88. The summed E-state index contributed by atoms with van der Waals surface area (Å²) in [6.45, 7) is 11.8. The van der Waals surface area contributed by atoms with Crippen molar-refractivity contribution in [2.24, 2.45) is 35.5 Å². The molecule has 6 N–H and O–H groups in total. The molecule has 6 aliphatic rings. The zero-order valence-electron chi connectivity index (χ0n) is 79.3. The molecule has 0 aromatic heterocycles. The topological polar surface area (TPSA) is 245 Å². The van der Waals surface area contributed by atoms with E-state index < -0.39 is 36.6 Å². The summed E-state index contributed by atoms with van der Waals surface area (Å²) in [6.07, 6.45) is 8.38. The van der Waals surface area contributed by atoms with Crippen molar-refractivity contribution in [3.8, 4) is 11.5 Å². The molecule has 21 heteroatoms. The van der Waals surface area contributed by atoms with Gasteiger partial charge in [0.1, 0.15) is 11.5 Å². The number of ether oxygens (including phenoxy) is 2. The zero-order valence-corrected chi connectivity index (χ0v) is 80.9. The van der Waals surface area contributed by atoms with Gasteiger partial charge in [0.15, 0.2) is 0 Å². The van der Waals surface area contributed by atoms with E-state index in [0.717, 1.165) is 185 Å². The number of likely N-dealkylation sites (tertiary alicyclic amines) is 6. The Hall–Kier alpha value is -12.1. The maximum atomic E-state index is 12.6. The van der Waals surface area contributed by atoms with Crippen LogP contribution in [0, 0.1) is 42.4 Å². The number of methoxy groups -OCH3 is 2. The third-order valence-corrected chi connectivity index (χ3v) is 27.7. The number of carbonyl (C=O) groups is 5. The predicted molar refractivity (Wildman–Crippen MR) is 546 cm³/mol. The molecule has 0 radical (unpaired) electrons. The van der Waals surface area contributed by atoms with E-state index in [2.05, 4.69) is 35.2 Å². The van der Waals surface area contributed by atoms with E-state index in [0.29, 0.717) is 59.5 Å². The fourth-order valence-electron chi connectivity index (χ4n) is 19.4. The molecule has 19 nitrogen and oxygen atoms in total. The third kappa shape index (κ3) is 30.0. The molecule has 12 unspecified atom stereocenters. The van der Waals surface area contributed by atoms with E-state index in [-0.39, 0.29) is 65.0 Å². The number of halogens is 2. The number of hydrogen-bond donors (Lipinski definition) is 6. The Bertz CT molecular complexity index is 5560. The van der Waals surface area contributed by atoms with Gasteiger partial charge in [-0.1, -0.05) is 253 Å². The van der Waals surface area contributed by atoms with Crippen molar-refractivity contribution in [2.75, 3.05) is 92.8 Å². The molecule has 138 heavy (non-hydrogen) atoms. The largest absolute Gasteiger partial charge is 0.497 e. The standard InChI is InChI=1S/C20H23NO3.C20H25NO2.C20H23NO2.2C19H20ClNO2.C19H21NO2/c1-24-18-11-9-15(10-12-18)19(22)17-8-5-13-21(14-17)20(23)16-6-3-2-4-7-16;1-23-19-11-5-9-17(13-19)20(22)18-10-6-12-21(15-18)14-16-7-3-2-4-8-16;1-15-9-11-16(12-10-15)19(22)18-8-5-13-21(14-18)20(23)17-6-3-2-4-7-17;20-17-10-8-14(9-11-17)18(22)16-7-4-12-21(13-16)19(23)15-5-2-1-3-6-15;20-17-10-8-15(9-11-17)19(23)21-12-4-7-16(13-21)18(22)14-5-2-1-3-6-14;21-18(15-8-3-1-4-9-15)17-12-7-13-20(14-17)19(22)16-10-5-2-6-11-16/h2-4,6-7,9-12,17,19,22H,5,8,13-14H2,1H3;2-5,7-9,11,13,18,20,22H,6,10,12,14-15H2,1H3;2-4,6-7,9-12,18-19,22H,5,8,13-14H2,1H3;2*1-3,5-6,8-11,16,18,22H,4,7,12-13H2;1-6,8-11,17-18,21H,7,12-14H2. The average molecular weight is 1900 g/mol. The molecule has 12 atom stereocenters. The molecule has 722 valence electrons. The van der Waals surface area contributed by atoms with Crippen LogP contribution in [-0.2, 0) is 6.54 Å². The Morgan fingerprint density at radius 1 is 0.275 bits per heavy atom. The van der Waals surface area contributed by atoms with Crippen molar-refractivity contribution >= 4 is 52.7 Å². The van der Waals surface area contributed by atoms with Gasteiger partial charge < -0.3 is 64.6 Å². The van der Waals surface area contributed by atoms with Gasteiger partial charge in [0.05, 0.1) is 50.8 Å². The number of piperidine rings is 6. The molecule has 18 rings (SSSR count). The number of amides is 5. The Kier molecular flexibility index (Phi) is 39.8. The van der Waals surface area contributed by atoms with Crippen molar-refractivity contribution in [3.05, 3.63) is 416 Å². The van der Waals surface area contributed by atoms with Crippen LogP contribution in [-0.4, -0.2) is 182 Å². The summed E-state index contributed by atoms with van der Waals surface area (Å²) in [5, 5.41) is 65.2. The van der Waals surface area contributed by atoms with E-state index in [9.17, 15) is 54.6 Å². The van der Waals surface area contributed by atoms with E-state index >= 15 is 0 Å². The van der Waals surface area contributed by atoms with Crippen LogP contribution in [0.25, 0.3) is 0 Å². The van der Waals surface area contributed by atoms with Crippen LogP contribution in [0.3, 0.4) is 0 Å². The second-order valence-corrected chi connectivity index (χ2v) is 37.7. The number of hydrogen-bond acceptors (Lipinski definition) is 14. The molecule has 6 aliphatic heterocycles. The summed E-state index contributed by atoms with van der Waals surface area (Å²) >= 11 is 11.8. The van der Waals surface area contributed by atoms with Crippen LogP contribution < -0.4 is 9.47 Å². The Balaban J connectivity index is 0.000000140. The molecule has 6 heterocycles. The first-order chi connectivity index (χ1) is 67.1. The molecule has 0 spiro atoms. The van der Waals surface area contributed by atoms with Crippen LogP contribution in [0.15, 0.2) is 334 Å². The number of nitrogens with zero attached hydrogens (tertiary/aromatic N) is 6. The Morgan fingerprint density at radius 3 is 0.841 bits per heavy atom. The van der Waals surface area contributed by atoms with Gasteiger partial charge in [-0.3, -0.25) is 28.9 Å². The van der Waals surface area contributed by atoms with Gasteiger partial charge in [0.2, 0.25) is 0 Å². The average Bonchev–Trinajstić information content (AvgIpc) is 0.843. The molecule has 5 amide bonds. The van der Waals surface area contributed by atoms with Crippen molar-refractivity contribution in [3.63, 3.8) is 0 Å². The van der Waals surface area contributed by atoms with Gasteiger partial charge in [-0.2, -0.15) is 0 Å². The molecule has 0 bridgehead atoms. The Morgan fingerprint density at radius 2 is 0.522 bits per heavy atom. The maximum Gasteiger partial charge on any atom is 0.253 e. The highest BCUT2D eigenvalue weighted by Crippen LogP contribution is 2.39. The molecule has 12 aromatic rings. The van der Waals surface area contributed by atoms with Gasteiger partial charge >= 0.3 is 0 Å². The minimum Gasteiger partial charge on any atom is -0.497 e. The maximum absolute atomic E-state index is 12.6. The van der Waals surface area contributed by atoms with Crippen LogP contribution in [0.2, 0.25) is 10.0 Å². The minimum absolute atomic E-state index is 0.00614. The highest BCUT2D eigenvalue weighted by atomic mass is 35.5. The number of aryl methyl sites for hydroxylation is 1. The number of aliphatic hydroxyl groups excluding tert-OH is 6. The first kappa shape index (κ1) is 103. The second kappa shape index (κ2) is 53.2. The fraction of sp³-hybridized carbons (Fsp3) is 0.342. The lowest BCUT2D eigenvalue weighted by molar-refractivity contribution is 0.0394. The number of rotatable bonds is 21. The zero-order chi connectivity index (χ0) is 97.1. The first-order valence-corrected chi connectivity index (χ1v) is 49.4. The first-order valence-electron chi connectivity index (χ1n) is 48.6. The Labute approximate surface area is 823 Å². The van der Waals surface area contributed by atoms with E-state index in [4.69, 9.17) is 32.7 Å². The van der Waals surface area contributed by atoms with Gasteiger partial charge in [-0.15, -0.1) is 0 Å². The summed E-state index contributed by atoms with van der Waals surface area (Å²) in [6, 6.07) is 105. The fourth-order valence-corrected chi connectivity index (χ4v) is 19.7. The second-order valence-electron chi connectivity index (χ2n) is 36.9. The summed E-state index contributed by atoms with van der Waals surface area (Å²) in [4.78, 5) is 74.7. The van der Waals surface area contributed by atoms with E-state index in [1.54, 1.807) is 50.6 Å². The van der Waals surface area contributed by atoms with Crippen LogP contribution in [0.1, 0.15) is 210 Å². The number of benzene rings is 12. The molecule has 6 saturated heterocycles. The summed E-state index contributed by atoms with van der Waals surface area (Å²) in [5.41, 5.74) is 11.5. The summed E-state index contributed by atoms with van der Waals surface area (Å²) < 4.78 is 10.4. The monoisotopic (exact) mass is 1900 g/mol. The SMILES string of the molecule is COc1ccc(C(O)C2CCCN(C(=O)c3ccccc3)C2)cc1.COc1cccc(C(O)C2CCCN(Cc3ccccc3)C2)c1.Cc1ccc(C(O)C2CCCN(C(=O)c3ccccc3)C2)cc1.O=C(c1ccc(Cl)cc1)N1CCCC(C(O)c2ccccc2)C1.O=C(c1ccccc1)N1CCCC(C(O)c2ccc(Cl)cc2)C1.O=C(c1ccccc1)N1CCCC(C(O)c2ccccc2)C1. The smallest absolute Gasteiger partial charge is 0.253 e. The summed E-state index contributed by atoms with van der Waals surface area (Å²) in [5.74, 6) is 2.45. The quantitative estimate of drug-likeness (QED) is 0.0392. The van der Waals surface area contributed by atoms with Crippen LogP contribution in [0.4, 0.5) is 0 Å². The van der Waals surface area contributed by atoms with Gasteiger partial charge in [0, 0.05) is 152 Å². The third-order valence-electron chi connectivity index (χ3n) is 27.2. The van der Waals surface area contributed by atoms with Gasteiger partial charge in [-0.25, -0.2) is 0 Å². The summed E-state index contributed by atoms with van der Waals surface area (Å²) in [7, 11) is 3.29. The highest BCUT2D eigenvalue weighted by molar-refractivity contribution is 6.31. The number of aliphatic hydroxyl groups is 6. The predicted octanol–water partition coefficient (Wildman–Crippen LogP) is 21.6. The van der Waals surface area contributed by atoms with Crippen molar-refractivity contribution < 1.29 is 64.1 Å². The molecular formula is C117H132Cl2N6O13. The molecule has 12 aromatic carbocycles. The van der Waals surface area contributed by atoms with E-state index in [1.807, 2.05) is 298 Å². The van der Waals surface area contributed by atoms with Crippen molar-refractivity contribution in [1.29, 1.82) is 0 Å². The lowest BCUT2D eigenvalue weighted by Gasteiger charge is -2.35. The van der Waals surface area contributed by atoms with Crippen LogP contribution in [0.5, 0.6) is 11.5 Å². The van der Waals surface area contributed by atoms with Crippen LogP contribution >= 0.6 is 23.2 Å². The van der Waals surface area contributed by atoms with E-state index in [1.165, 1.54) is 11.1 Å². The normalized spacial score (nSPS) is 19.5. The van der Waals surface area contributed by atoms with Crippen molar-refractivity contribution in [1.82, 2.24) is 29.4 Å². The number of carbonyl (C=O) groups excluding carboxylic acids is 5. The van der Waals surface area contributed by atoms with Gasteiger partial charge in [0.25, 0.3) is 29.5 Å². The molecule has 0 aliphatic carbocycles. The molecule has 6 fully saturated rings. The molecular weight excluding hydrogens is 1770 g/mol. The van der Waals surface area contributed by atoms with Gasteiger partial charge in [-0.05, 0) is 239 Å². The highest BCUT2D eigenvalue weighted by Gasteiger charge is 2.37. The molecule has 0 saturated carbocycles.